The summed E-state index contributed by atoms with van der Waals surface area (Å²) in [5, 5.41) is 9.38. The van der Waals surface area contributed by atoms with Gasteiger partial charge in [-0.2, -0.15) is 0 Å². The van der Waals surface area contributed by atoms with E-state index in [0.29, 0.717) is 5.69 Å². The van der Waals surface area contributed by atoms with Crippen LogP contribution in [0.25, 0.3) is 11.1 Å². The Balaban J connectivity index is 2.35. The highest BCUT2D eigenvalue weighted by atomic mass is 16.6. The van der Waals surface area contributed by atoms with Crippen LogP contribution in [0.1, 0.15) is 26.5 Å². The van der Waals surface area contributed by atoms with Gasteiger partial charge in [-0.05, 0) is 44.5 Å². The molecule has 2 aromatic heterocycles. The average molecular weight is 274 g/mol. The SMILES string of the molecule is CC(C)(C)OC(=O)n1cc(-c2ccncc2)cc1CO. The van der Waals surface area contributed by atoms with Gasteiger partial charge in [-0.1, -0.05) is 0 Å². The Kier molecular flexibility index (Phi) is 3.90. The molecule has 2 rings (SSSR count). The van der Waals surface area contributed by atoms with Gasteiger partial charge in [-0.25, -0.2) is 4.79 Å². The maximum absolute atomic E-state index is 12.1. The van der Waals surface area contributed by atoms with Crippen molar-refractivity contribution in [3.8, 4) is 11.1 Å². The Morgan fingerprint density at radius 3 is 2.50 bits per heavy atom. The van der Waals surface area contributed by atoms with E-state index in [1.807, 2.05) is 12.1 Å². The summed E-state index contributed by atoms with van der Waals surface area (Å²) in [4.78, 5) is 16.1. The molecule has 0 bridgehead atoms. The van der Waals surface area contributed by atoms with Crippen LogP contribution in [-0.4, -0.2) is 26.4 Å². The first-order valence-corrected chi connectivity index (χ1v) is 6.36. The molecule has 0 aliphatic rings. The van der Waals surface area contributed by atoms with Gasteiger partial charge < -0.3 is 9.84 Å². The highest BCUT2D eigenvalue weighted by molar-refractivity contribution is 5.76. The molecule has 0 fully saturated rings. The van der Waals surface area contributed by atoms with Gasteiger partial charge in [0.05, 0.1) is 12.3 Å². The number of rotatable bonds is 2. The van der Waals surface area contributed by atoms with Gasteiger partial charge in [0.2, 0.25) is 0 Å². The molecular formula is C15H18N2O3. The van der Waals surface area contributed by atoms with Crippen molar-refractivity contribution in [1.29, 1.82) is 0 Å². The molecule has 106 valence electrons. The van der Waals surface area contributed by atoms with Crippen molar-refractivity contribution in [1.82, 2.24) is 9.55 Å². The monoisotopic (exact) mass is 274 g/mol. The molecule has 5 heteroatoms. The second-order valence-electron chi connectivity index (χ2n) is 5.46. The summed E-state index contributed by atoms with van der Waals surface area (Å²) in [6.45, 7) is 5.18. The average Bonchev–Trinajstić information content (AvgIpc) is 2.82. The summed E-state index contributed by atoms with van der Waals surface area (Å²) in [5.74, 6) is 0. The molecule has 0 atom stereocenters. The maximum Gasteiger partial charge on any atom is 0.418 e. The van der Waals surface area contributed by atoms with E-state index in [4.69, 9.17) is 4.74 Å². The van der Waals surface area contributed by atoms with Crippen molar-refractivity contribution in [2.24, 2.45) is 0 Å². The van der Waals surface area contributed by atoms with E-state index in [-0.39, 0.29) is 6.61 Å². The number of pyridine rings is 1. The molecule has 0 aliphatic heterocycles. The number of aliphatic hydroxyl groups is 1. The molecule has 0 saturated carbocycles. The van der Waals surface area contributed by atoms with Crippen LogP contribution in [0.4, 0.5) is 4.79 Å². The number of carbonyl (C=O) groups excluding carboxylic acids is 1. The van der Waals surface area contributed by atoms with Crippen LogP contribution < -0.4 is 0 Å². The Bertz CT molecular complexity index is 597. The molecule has 2 aromatic rings. The van der Waals surface area contributed by atoms with Crippen LogP contribution in [0.15, 0.2) is 36.8 Å². The first kappa shape index (κ1) is 14.3. The Hall–Kier alpha value is -2.14. The summed E-state index contributed by atoms with van der Waals surface area (Å²) in [6, 6.07) is 5.45. The highest BCUT2D eigenvalue weighted by Crippen LogP contribution is 2.22. The number of hydrogen-bond donors (Lipinski definition) is 1. The van der Waals surface area contributed by atoms with Crippen LogP contribution in [0.3, 0.4) is 0 Å². The molecule has 0 saturated heterocycles. The smallest absolute Gasteiger partial charge is 0.418 e. The third-order valence-electron chi connectivity index (χ3n) is 2.67. The summed E-state index contributed by atoms with van der Waals surface area (Å²) in [6.07, 6.45) is 4.52. The van der Waals surface area contributed by atoms with Crippen LogP contribution in [0.5, 0.6) is 0 Å². The van der Waals surface area contributed by atoms with E-state index in [1.54, 1.807) is 45.4 Å². The van der Waals surface area contributed by atoms with Gasteiger partial charge in [-0.15, -0.1) is 0 Å². The molecule has 20 heavy (non-hydrogen) atoms. The Morgan fingerprint density at radius 2 is 1.95 bits per heavy atom. The van der Waals surface area contributed by atoms with Crippen LogP contribution >= 0.6 is 0 Å². The van der Waals surface area contributed by atoms with Crippen LogP contribution in [0, 0.1) is 0 Å². The number of nitrogens with zero attached hydrogens (tertiary/aromatic N) is 2. The first-order chi connectivity index (χ1) is 9.40. The summed E-state index contributed by atoms with van der Waals surface area (Å²) < 4.78 is 6.65. The second kappa shape index (κ2) is 5.46. The molecule has 0 radical (unpaired) electrons. The van der Waals surface area contributed by atoms with Crippen molar-refractivity contribution < 1.29 is 14.6 Å². The standard InChI is InChI=1S/C15H18N2O3/c1-15(2,3)20-14(19)17-9-12(8-13(17)10-18)11-4-6-16-7-5-11/h4-9,18H,10H2,1-3H3. The van der Waals surface area contributed by atoms with Crippen molar-refractivity contribution in [3.63, 3.8) is 0 Å². The highest BCUT2D eigenvalue weighted by Gasteiger charge is 2.20. The zero-order chi connectivity index (χ0) is 14.8. The van der Waals surface area contributed by atoms with Gasteiger partial charge in [0.1, 0.15) is 5.60 Å². The molecule has 2 heterocycles. The zero-order valence-electron chi connectivity index (χ0n) is 11.8. The molecule has 0 amide bonds. The minimum absolute atomic E-state index is 0.232. The topological polar surface area (TPSA) is 64.4 Å². The molecular weight excluding hydrogens is 256 g/mol. The van der Waals surface area contributed by atoms with Crippen molar-refractivity contribution >= 4 is 6.09 Å². The summed E-state index contributed by atoms with van der Waals surface area (Å²) in [7, 11) is 0. The zero-order valence-corrected chi connectivity index (χ0v) is 11.8. The molecule has 1 N–H and O–H groups in total. The van der Waals surface area contributed by atoms with E-state index < -0.39 is 11.7 Å². The fourth-order valence-corrected chi connectivity index (χ4v) is 1.81. The number of hydrogen-bond acceptors (Lipinski definition) is 4. The quantitative estimate of drug-likeness (QED) is 0.914. The minimum atomic E-state index is -0.578. The van der Waals surface area contributed by atoms with Gasteiger partial charge in [0.15, 0.2) is 0 Å². The van der Waals surface area contributed by atoms with Gasteiger partial charge in [0.25, 0.3) is 0 Å². The molecule has 5 nitrogen and oxygen atoms in total. The lowest BCUT2D eigenvalue weighted by atomic mass is 10.1. The molecule has 0 spiro atoms. The Labute approximate surface area is 117 Å². The van der Waals surface area contributed by atoms with E-state index in [2.05, 4.69) is 4.98 Å². The van der Waals surface area contributed by atoms with E-state index in [0.717, 1.165) is 11.1 Å². The van der Waals surface area contributed by atoms with Crippen molar-refractivity contribution in [3.05, 3.63) is 42.5 Å². The van der Waals surface area contributed by atoms with E-state index in [9.17, 15) is 9.90 Å². The maximum atomic E-state index is 12.1. The number of aliphatic hydroxyl groups excluding tert-OH is 1. The molecule has 0 aliphatic carbocycles. The van der Waals surface area contributed by atoms with E-state index in [1.165, 1.54) is 4.57 Å². The normalized spacial score (nSPS) is 11.4. The number of carbonyl (C=O) groups is 1. The Morgan fingerprint density at radius 1 is 1.30 bits per heavy atom. The second-order valence-corrected chi connectivity index (χ2v) is 5.46. The van der Waals surface area contributed by atoms with E-state index >= 15 is 0 Å². The predicted molar refractivity (Wildman–Crippen MR) is 75.2 cm³/mol. The molecule has 0 aromatic carbocycles. The third-order valence-corrected chi connectivity index (χ3v) is 2.67. The summed E-state index contributed by atoms with van der Waals surface area (Å²) in [5.41, 5.74) is 1.68. The fraction of sp³-hybridized carbons (Fsp3) is 0.333. The summed E-state index contributed by atoms with van der Waals surface area (Å²) >= 11 is 0. The van der Waals surface area contributed by atoms with Gasteiger partial charge in [0, 0.05) is 24.2 Å². The van der Waals surface area contributed by atoms with Crippen molar-refractivity contribution in [2.75, 3.05) is 0 Å². The van der Waals surface area contributed by atoms with Gasteiger partial charge >= 0.3 is 6.09 Å². The third kappa shape index (κ3) is 3.24. The lowest BCUT2D eigenvalue weighted by Crippen LogP contribution is -2.27. The minimum Gasteiger partial charge on any atom is -0.443 e. The largest absolute Gasteiger partial charge is 0.443 e. The lowest BCUT2D eigenvalue weighted by molar-refractivity contribution is 0.0526. The van der Waals surface area contributed by atoms with Crippen molar-refractivity contribution in [2.45, 2.75) is 33.0 Å². The lowest BCUT2D eigenvalue weighted by Gasteiger charge is -2.20. The van der Waals surface area contributed by atoms with Crippen LogP contribution in [-0.2, 0) is 11.3 Å². The fourth-order valence-electron chi connectivity index (χ4n) is 1.81. The van der Waals surface area contributed by atoms with Gasteiger partial charge in [-0.3, -0.25) is 9.55 Å². The number of ether oxygens (including phenoxy) is 1. The predicted octanol–water partition coefficient (Wildman–Crippen LogP) is 2.83. The number of aromatic nitrogens is 2. The first-order valence-electron chi connectivity index (χ1n) is 6.36. The molecule has 0 unspecified atom stereocenters. The van der Waals surface area contributed by atoms with Crippen LogP contribution in [0.2, 0.25) is 0 Å².